The van der Waals surface area contributed by atoms with Gasteiger partial charge >= 0.3 is 0 Å². The van der Waals surface area contributed by atoms with Crippen LogP contribution in [-0.2, 0) is 11.0 Å². The van der Waals surface area contributed by atoms with Crippen molar-refractivity contribution >= 4 is 45.1 Å². The van der Waals surface area contributed by atoms with E-state index in [1.54, 1.807) is 0 Å². The second-order valence-electron chi connectivity index (χ2n) is 8.32. The highest BCUT2D eigenvalue weighted by atomic mass is 35.5. The standard InChI is InChI=1S/C24H23ClFN5OS/c1-14-10-15(6-9-21(14)30-33(32)17-7-8-20(26)19(25)11-17)18-12-31(16-4-2-3-5-16)24-22(18)23(27)28-13-29-24/h6-13,16,30H,2-5H2,1H3,(H2,27,28,29). The van der Waals surface area contributed by atoms with Crippen molar-refractivity contribution in [3.63, 3.8) is 0 Å². The molecule has 1 unspecified atom stereocenters. The largest absolute Gasteiger partial charge is 0.383 e. The van der Waals surface area contributed by atoms with Gasteiger partial charge in [-0.25, -0.2) is 18.6 Å². The minimum atomic E-state index is -1.58. The maximum atomic E-state index is 13.4. The molecule has 6 nitrogen and oxygen atoms in total. The molecule has 0 saturated heterocycles. The quantitative estimate of drug-likeness (QED) is 0.363. The fraction of sp³-hybridized carbons (Fsp3) is 0.250. The van der Waals surface area contributed by atoms with Crippen LogP contribution < -0.4 is 10.5 Å². The summed E-state index contributed by atoms with van der Waals surface area (Å²) in [5.41, 5.74) is 10.7. The molecule has 0 bridgehead atoms. The van der Waals surface area contributed by atoms with Gasteiger partial charge in [0, 0.05) is 23.5 Å². The molecule has 4 aromatic rings. The van der Waals surface area contributed by atoms with Crippen LogP contribution in [0.25, 0.3) is 22.2 Å². The molecule has 1 saturated carbocycles. The lowest BCUT2D eigenvalue weighted by atomic mass is 10.0. The Kier molecular flexibility index (Phi) is 5.80. The van der Waals surface area contributed by atoms with Crippen LogP contribution in [0.1, 0.15) is 37.3 Å². The van der Waals surface area contributed by atoms with Crippen molar-refractivity contribution in [1.29, 1.82) is 0 Å². The van der Waals surface area contributed by atoms with Crippen molar-refractivity contribution in [3.8, 4) is 11.1 Å². The summed E-state index contributed by atoms with van der Waals surface area (Å²) in [6.45, 7) is 1.94. The van der Waals surface area contributed by atoms with Crippen LogP contribution in [0.3, 0.4) is 0 Å². The SMILES string of the molecule is Cc1cc(-c2cn(C3CCCC3)c3ncnc(N)c23)ccc1NS(=O)c1ccc(F)c(Cl)c1. The van der Waals surface area contributed by atoms with Gasteiger partial charge < -0.3 is 15.0 Å². The van der Waals surface area contributed by atoms with Crippen molar-refractivity contribution < 1.29 is 8.60 Å². The van der Waals surface area contributed by atoms with Gasteiger partial charge in [-0.2, -0.15) is 0 Å². The summed E-state index contributed by atoms with van der Waals surface area (Å²) < 4.78 is 31.4. The highest BCUT2D eigenvalue weighted by molar-refractivity contribution is 7.86. The van der Waals surface area contributed by atoms with Crippen LogP contribution >= 0.6 is 11.6 Å². The van der Waals surface area contributed by atoms with Crippen molar-refractivity contribution in [3.05, 3.63) is 65.3 Å². The maximum absolute atomic E-state index is 13.4. The molecule has 1 aliphatic rings. The second kappa shape index (κ2) is 8.76. The first-order chi connectivity index (χ1) is 15.9. The fourth-order valence-electron chi connectivity index (χ4n) is 4.48. The highest BCUT2D eigenvalue weighted by Crippen LogP contribution is 2.39. The van der Waals surface area contributed by atoms with Crippen molar-refractivity contribution in [2.75, 3.05) is 10.5 Å². The van der Waals surface area contributed by atoms with Gasteiger partial charge in [0.05, 0.1) is 15.3 Å². The van der Waals surface area contributed by atoms with E-state index in [2.05, 4.69) is 25.5 Å². The number of hydrogen-bond donors (Lipinski definition) is 2. The average molecular weight is 484 g/mol. The van der Waals surface area contributed by atoms with E-state index < -0.39 is 16.8 Å². The molecule has 9 heteroatoms. The van der Waals surface area contributed by atoms with E-state index >= 15 is 0 Å². The Balaban J connectivity index is 1.49. The zero-order valence-electron chi connectivity index (χ0n) is 18.0. The van der Waals surface area contributed by atoms with Gasteiger partial charge in [0.2, 0.25) is 0 Å². The van der Waals surface area contributed by atoms with Crippen LogP contribution in [0.4, 0.5) is 15.9 Å². The third-order valence-electron chi connectivity index (χ3n) is 6.20. The topological polar surface area (TPSA) is 85.8 Å². The summed E-state index contributed by atoms with van der Waals surface area (Å²) in [5, 5.41) is 0.794. The van der Waals surface area contributed by atoms with Crippen LogP contribution in [0.15, 0.2) is 53.8 Å². The van der Waals surface area contributed by atoms with Gasteiger partial charge in [-0.3, -0.25) is 0 Å². The molecule has 1 atom stereocenters. The Hall–Kier alpha value is -2.97. The van der Waals surface area contributed by atoms with Gasteiger partial charge in [0.15, 0.2) is 0 Å². The van der Waals surface area contributed by atoms with Crippen LogP contribution in [0.2, 0.25) is 5.02 Å². The van der Waals surface area contributed by atoms with Gasteiger partial charge in [0.1, 0.15) is 34.6 Å². The molecule has 2 aromatic carbocycles. The molecular weight excluding hydrogens is 461 g/mol. The molecule has 3 N–H and O–H groups in total. The van der Waals surface area contributed by atoms with Crippen LogP contribution in [-0.4, -0.2) is 18.7 Å². The Labute approximate surface area is 198 Å². The zero-order valence-corrected chi connectivity index (χ0v) is 19.6. The first-order valence-corrected chi connectivity index (χ1v) is 12.3. The van der Waals surface area contributed by atoms with Gasteiger partial charge in [-0.15, -0.1) is 0 Å². The number of benzene rings is 2. The highest BCUT2D eigenvalue weighted by Gasteiger charge is 2.23. The summed E-state index contributed by atoms with van der Waals surface area (Å²) in [6.07, 6.45) is 8.35. The number of nitrogen functional groups attached to an aromatic ring is 1. The number of nitrogens with one attached hydrogen (secondary N) is 1. The van der Waals surface area contributed by atoms with Crippen molar-refractivity contribution in [1.82, 2.24) is 14.5 Å². The third-order valence-corrected chi connectivity index (χ3v) is 7.58. The van der Waals surface area contributed by atoms with E-state index in [1.807, 2.05) is 25.1 Å². The number of aromatic nitrogens is 3. The number of aryl methyl sites for hydroxylation is 1. The molecule has 33 heavy (non-hydrogen) atoms. The van der Waals surface area contributed by atoms with E-state index in [9.17, 15) is 8.60 Å². The number of hydrogen-bond acceptors (Lipinski definition) is 4. The minimum Gasteiger partial charge on any atom is -0.383 e. The molecule has 0 aliphatic heterocycles. The van der Waals surface area contributed by atoms with E-state index in [1.165, 1.54) is 37.4 Å². The fourth-order valence-corrected chi connectivity index (χ4v) is 5.69. The molecule has 170 valence electrons. The number of nitrogens with zero attached hydrogens (tertiary/aromatic N) is 3. The van der Waals surface area contributed by atoms with Crippen LogP contribution in [0.5, 0.6) is 0 Å². The summed E-state index contributed by atoms with van der Waals surface area (Å²) in [6, 6.07) is 10.3. The lowest BCUT2D eigenvalue weighted by Gasteiger charge is -2.12. The van der Waals surface area contributed by atoms with E-state index in [0.29, 0.717) is 22.4 Å². The number of halogens is 2. The Morgan fingerprint density at radius 2 is 1.97 bits per heavy atom. The lowest BCUT2D eigenvalue weighted by Crippen LogP contribution is -2.06. The smallest absolute Gasteiger partial charge is 0.150 e. The van der Waals surface area contributed by atoms with E-state index in [-0.39, 0.29) is 5.02 Å². The van der Waals surface area contributed by atoms with Crippen LogP contribution in [0, 0.1) is 12.7 Å². The minimum absolute atomic E-state index is 0.0619. The van der Waals surface area contributed by atoms with Crippen molar-refractivity contribution in [2.45, 2.75) is 43.5 Å². The number of anilines is 2. The molecule has 1 aliphatic carbocycles. The molecular formula is C24H23ClFN5OS. The molecule has 0 spiro atoms. The summed E-state index contributed by atoms with van der Waals surface area (Å²) >= 11 is 5.83. The monoisotopic (exact) mass is 483 g/mol. The summed E-state index contributed by atoms with van der Waals surface area (Å²) in [5.74, 6) is -0.0844. The first kappa shape index (κ1) is 21.9. The number of rotatable bonds is 5. The van der Waals surface area contributed by atoms with Gasteiger partial charge in [-0.1, -0.05) is 30.5 Å². The van der Waals surface area contributed by atoms with Gasteiger partial charge in [0.25, 0.3) is 0 Å². The average Bonchev–Trinajstić information content (AvgIpc) is 3.45. The molecule has 2 aromatic heterocycles. The first-order valence-electron chi connectivity index (χ1n) is 10.8. The summed E-state index contributed by atoms with van der Waals surface area (Å²) in [4.78, 5) is 9.16. The Bertz CT molecular complexity index is 1380. The van der Waals surface area contributed by atoms with E-state index in [4.69, 9.17) is 17.3 Å². The predicted octanol–water partition coefficient (Wildman–Crippen LogP) is 6.03. The molecule has 1 fully saturated rings. The number of fused-ring (bicyclic) bond motifs is 1. The normalized spacial score (nSPS) is 15.2. The maximum Gasteiger partial charge on any atom is 0.150 e. The third kappa shape index (κ3) is 4.09. The van der Waals surface area contributed by atoms with E-state index in [0.717, 1.165) is 40.6 Å². The molecule has 5 rings (SSSR count). The summed E-state index contributed by atoms with van der Waals surface area (Å²) in [7, 11) is -1.58. The number of nitrogens with two attached hydrogens (primary N) is 1. The zero-order chi connectivity index (χ0) is 23.1. The Morgan fingerprint density at radius 1 is 1.18 bits per heavy atom. The van der Waals surface area contributed by atoms with Gasteiger partial charge in [-0.05, 0) is 61.2 Å². The second-order valence-corrected chi connectivity index (χ2v) is 9.94. The Morgan fingerprint density at radius 3 is 2.70 bits per heavy atom. The predicted molar refractivity (Wildman–Crippen MR) is 131 cm³/mol. The molecule has 0 radical (unpaired) electrons. The lowest BCUT2D eigenvalue weighted by molar-refractivity contribution is 0.532. The van der Waals surface area contributed by atoms with Crippen molar-refractivity contribution in [2.24, 2.45) is 0 Å². The molecule has 0 amide bonds. The molecule has 2 heterocycles.